The standard InChI is InChI=1S/C27H35F4N3O2/c1-18-12-22-14-21(26(35)36-2)5-6-23(22)25(34(18)17-27(29,30)31)24-7-4-19(15-32-24)13-20-8-11-33(16-20)10-3-9-28/h4-7,14,18,20,25,32H,3,8-13,15-17H2,1-2H3/t18-,20-,25+/m1/s1. The largest absolute Gasteiger partial charge is 0.465 e. The van der Waals surface area contributed by atoms with Crippen LogP contribution in [0.1, 0.15) is 53.7 Å². The number of allylic oxidation sites excluding steroid dienone is 2. The van der Waals surface area contributed by atoms with Gasteiger partial charge in [0.15, 0.2) is 0 Å². The van der Waals surface area contributed by atoms with E-state index in [1.807, 2.05) is 12.2 Å². The SMILES string of the molecule is COC(=O)c1ccc2c(c1)C[C@@H](C)N(CC(F)(F)F)[C@@H]2C1=CC=C(C[C@H]2CCN(CCCF)C2)CN1. The number of carbonyl (C=O) groups is 1. The molecule has 0 spiro atoms. The number of ether oxygens (including phenoxy) is 1. The molecule has 0 aliphatic carbocycles. The van der Waals surface area contributed by atoms with Crippen LogP contribution in [0.15, 0.2) is 41.6 Å². The number of nitrogens with zero attached hydrogens (tertiary/aromatic N) is 2. The number of halogens is 4. The molecule has 36 heavy (non-hydrogen) atoms. The molecule has 1 N–H and O–H groups in total. The Balaban J connectivity index is 1.56. The van der Waals surface area contributed by atoms with Gasteiger partial charge in [-0.1, -0.05) is 17.7 Å². The minimum Gasteiger partial charge on any atom is -0.465 e. The van der Waals surface area contributed by atoms with Gasteiger partial charge in [-0.15, -0.1) is 0 Å². The molecular weight excluding hydrogens is 474 g/mol. The number of dihydropyridines is 1. The molecule has 0 radical (unpaired) electrons. The molecule has 3 atom stereocenters. The van der Waals surface area contributed by atoms with Gasteiger partial charge in [0, 0.05) is 31.4 Å². The molecule has 0 saturated carbocycles. The van der Waals surface area contributed by atoms with Crippen LogP contribution >= 0.6 is 0 Å². The first-order valence-electron chi connectivity index (χ1n) is 12.6. The molecule has 198 valence electrons. The summed E-state index contributed by atoms with van der Waals surface area (Å²) < 4.78 is 58.0. The smallest absolute Gasteiger partial charge is 0.401 e. The number of benzene rings is 1. The van der Waals surface area contributed by atoms with Crippen molar-refractivity contribution >= 4 is 5.97 Å². The number of carbonyl (C=O) groups excluding carboxylic acids is 1. The normalized spacial score (nSPS) is 25.1. The first kappa shape index (κ1) is 26.7. The van der Waals surface area contributed by atoms with E-state index in [0.717, 1.165) is 49.3 Å². The van der Waals surface area contributed by atoms with Gasteiger partial charge in [-0.2, -0.15) is 13.2 Å². The van der Waals surface area contributed by atoms with E-state index in [-0.39, 0.29) is 12.7 Å². The fraction of sp³-hybridized carbons (Fsp3) is 0.593. The van der Waals surface area contributed by atoms with Crippen molar-refractivity contribution in [3.63, 3.8) is 0 Å². The molecule has 0 aromatic heterocycles. The van der Waals surface area contributed by atoms with Gasteiger partial charge in [-0.25, -0.2) is 4.79 Å². The van der Waals surface area contributed by atoms with Crippen molar-refractivity contribution in [1.29, 1.82) is 0 Å². The minimum atomic E-state index is -4.33. The molecule has 1 saturated heterocycles. The highest BCUT2D eigenvalue weighted by molar-refractivity contribution is 5.89. The summed E-state index contributed by atoms with van der Waals surface area (Å²) in [6.07, 6.45) is 2.62. The van der Waals surface area contributed by atoms with E-state index in [1.165, 1.54) is 17.6 Å². The zero-order chi connectivity index (χ0) is 25.9. The van der Waals surface area contributed by atoms with Crippen molar-refractivity contribution < 1.29 is 27.1 Å². The van der Waals surface area contributed by atoms with Gasteiger partial charge >= 0.3 is 12.1 Å². The van der Waals surface area contributed by atoms with E-state index in [0.29, 0.717) is 30.9 Å². The molecule has 5 nitrogen and oxygen atoms in total. The van der Waals surface area contributed by atoms with Crippen LogP contribution in [0.3, 0.4) is 0 Å². The fourth-order valence-corrected chi connectivity index (χ4v) is 5.77. The molecule has 3 aliphatic heterocycles. The Morgan fingerprint density at radius 2 is 2.06 bits per heavy atom. The van der Waals surface area contributed by atoms with Crippen molar-refractivity contribution in [3.05, 3.63) is 58.3 Å². The Morgan fingerprint density at radius 1 is 1.25 bits per heavy atom. The third kappa shape index (κ3) is 6.29. The van der Waals surface area contributed by atoms with Gasteiger partial charge < -0.3 is 15.0 Å². The van der Waals surface area contributed by atoms with E-state index in [1.54, 1.807) is 25.1 Å². The summed E-state index contributed by atoms with van der Waals surface area (Å²) in [6, 6.07) is 4.18. The quantitative estimate of drug-likeness (QED) is 0.403. The number of likely N-dealkylation sites (tertiary alicyclic amines) is 1. The lowest BCUT2D eigenvalue weighted by Crippen LogP contribution is -2.49. The van der Waals surface area contributed by atoms with Gasteiger partial charge in [-0.3, -0.25) is 9.29 Å². The molecule has 3 aliphatic rings. The Labute approximate surface area is 210 Å². The number of esters is 1. The highest BCUT2D eigenvalue weighted by atomic mass is 19.4. The molecule has 4 rings (SSSR count). The molecule has 3 heterocycles. The molecule has 0 unspecified atom stereocenters. The summed E-state index contributed by atoms with van der Waals surface area (Å²) in [4.78, 5) is 15.8. The lowest BCUT2D eigenvalue weighted by atomic mass is 9.85. The highest BCUT2D eigenvalue weighted by Crippen LogP contribution is 2.40. The van der Waals surface area contributed by atoms with Crippen LogP contribution in [-0.2, 0) is 11.2 Å². The number of hydrogen-bond donors (Lipinski definition) is 1. The van der Waals surface area contributed by atoms with Crippen LogP contribution < -0.4 is 5.32 Å². The Bertz CT molecular complexity index is 1010. The monoisotopic (exact) mass is 509 g/mol. The lowest BCUT2D eigenvalue weighted by molar-refractivity contribution is -0.155. The van der Waals surface area contributed by atoms with Crippen LogP contribution in [0.2, 0.25) is 0 Å². The predicted octanol–water partition coefficient (Wildman–Crippen LogP) is 4.81. The average Bonchev–Trinajstić information content (AvgIpc) is 3.29. The number of hydrogen-bond acceptors (Lipinski definition) is 5. The summed E-state index contributed by atoms with van der Waals surface area (Å²) in [5.74, 6) is 0.0546. The van der Waals surface area contributed by atoms with Crippen LogP contribution in [-0.4, -0.2) is 74.5 Å². The van der Waals surface area contributed by atoms with Crippen molar-refractivity contribution in [2.75, 3.05) is 46.5 Å². The zero-order valence-electron chi connectivity index (χ0n) is 20.9. The number of methoxy groups -OCH3 is 1. The van der Waals surface area contributed by atoms with E-state index in [4.69, 9.17) is 4.74 Å². The Kier molecular flexibility index (Phi) is 8.40. The zero-order valence-corrected chi connectivity index (χ0v) is 20.9. The summed E-state index contributed by atoms with van der Waals surface area (Å²) in [5, 5.41) is 3.41. The van der Waals surface area contributed by atoms with Crippen LogP contribution in [0.4, 0.5) is 17.6 Å². The first-order chi connectivity index (χ1) is 17.2. The second-order valence-corrected chi connectivity index (χ2v) is 10.2. The summed E-state index contributed by atoms with van der Waals surface area (Å²) in [7, 11) is 1.31. The van der Waals surface area contributed by atoms with Gasteiger partial charge in [0.1, 0.15) is 0 Å². The average molecular weight is 510 g/mol. The summed E-state index contributed by atoms with van der Waals surface area (Å²) in [5.41, 5.74) is 4.00. The molecule has 0 bridgehead atoms. The molecule has 1 fully saturated rings. The van der Waals surface area contributed by atoms with Crippen molar-refractivity contribution in [1.82, 2.24) is 15.1 Å². The third-order valence-electron chi connectivity index (χ3n) is 7.48. The van der Waals surface area contributed by atoms with Gasteiger partial charge in [-0.05, 0) is 74.4 Å². The maximum absolute atomic E-state index is 13.6. The molecule has 1 aromatic rings. The minimum absolute atomic E-state index is 0.290. The van der Waals surface area contributed by atoms with E-state index in [9.17, 15) is 22.4 Å². The molecule has 9 heteroatoms. The maximum Gasteiger partial charge on any atom is 0.401 e. The topological polar surface area (TPSA) is 44.8 Å². The van der Waals surface area contributed by atoms with E-state index >= 15 is 0 Å². The van der Waals surface area contributed by atoms with Gasteiger partial charge in [0.25, 0.3) is 0 Å². The summed E-state index contributed by atoms with van der Waals surface area (Å²) in [6.45, 7) is 3.83. The number of rotatable bonds is 8. The second kappa shape index (κ2) is 11.3. The maximum atomic E-state index is 13.6. The van der Waals surface area contributed by atoms with Gasteiger partial charge in [0.05, 0.1) is 31.9 Å². The fourth-order valence-electron chi connectivity index (χ4n) is 5.77. The number of fused-ring (bicyclic) bond motifs is 1. The number of nitrogens with one attached hydrogen (secondary N) is 1. The lowest BCUT2D eigenvalue weighted by Gasteiger charge is -2.44. The van der Waals surface area contributed by atoms with Crippen molar-refractivity contribution in [3.8, 4) is 0 Å². The van der Waals surface area contributed by atoms with Crippen LogP contribution in [0.5, 0.6) is 0 Å². The third-order valence-corrected chi connectivity index (χ3v) is 7.48. The van der Waals surface area contributed by atoms with Gasteiger partial charge in [0.2, 0.25) is 0 Å². The molecule has 1 aromatic carbocycles. The second-order valence-electron chi connectivity index (χ2n) is 10.2. The van der Waals surface area contributed by atoms with E-state index in [2.05, 4.69) is 10.2 Å². The highest BCUT2D eigenvalue weighted by Gasteiger charge is 2.41. The van der Waals surface area contributed by atoms with Crippen LogP contribution in [0.25, 0.3) is 0 Å². The molecular formula is C27H35F4N3O2. The van der Waals surface area contributed by atoms with Crippen molar-refractivity contribution in [2.45, 2.75) is 50.9 Å². The Morgan fingerprint density at radius 3 is 2.72 bits per heavy atom. The Hall–Kier alpha value is -2.39. The number of alkyl halides is 4. The van der Waals surface area contributed by atoms with E-state index < -0.39 is 24.7 Å². The summed E-state index contributed by atoms with van der Waals surface area (Å²) >= 11 is 0. The van der Waals surface area contributed by atoms with Crippen LogP contribution in [0, 0.1) is 5.92 Å². The predicted molar refractivity (Wildman–Crippen MR) is 130 cm³/mol. The molecule has 0 amide bonds. The first-order valence-corrected chi connectivity index (χ1v) is 12.6. The van der Waals surface area contributed by atoms with Crippen molar-refractivity contribution in [2.24, 2.45) is 5.92 Å².